The van der Waals surface area contributed by atoms with Gasteiger partial charge in [-0.15, -0.1) is 0 Å². The number of nitrogens with two attached hydrogens (primary N) is 1. The van der Waals surface area contributed by atoms with Gasteiger partial charge in [-0.2, -0.15) is 0 Å². The number of hydrogen-bond acceptors (Lipinski definition) is 3. The third-order valence-corrected chi connectivity index (χ3v) is 3.48. The molecule has 0 bridgehead atoms. The molecule has 0 aromatic carbocycles. The molecule has 2 unspecified atom stereocenters. The molecule has 86 valence electrons. The zero-order valence-electron chi connectivity index (χ0n) is 9.32. The minimum Gasteiger partial charge on any atom is -0.368 e. The fourth-order valence-corrected chi connectivity index (χ4v) is 2.58. The second kappa shape index (κ2) is 4.49. The summed E-state index contributed by atoms with van der Waals surface area (Å²) in [5.41, 5.74) is 5.64. The van der Waals surface area contributed by atoms with E-state index in [0.29, 0.717) is 18.5 Å². The molecule has 2 N–H and O–H groups in total. The monoisotopic (exact) mass is 212 g/mol. The van der Waals surface area contributed by atoms with Gasteiger partial charge in [0, 0.05) is 19.2 Å². The van der Waals surface area contributed by atoms with Crippen molar-refractivity contribution in [2.24, 2.45) is 11.7 Å². The van der Waals surface area contributed by atoms with Crippen LogP contribution in [0.3, 0.4) is 0 Å². The van der Waals surface area contributed by atoms with Crippen LogP contribution in [0, 0.1) is 5.92 Å². The highest BCUT2D eigenvalue weighted by Gasteiger charge is 2.36. The van der Waals surface area contributed by atoms with E-state index in [4.69, 9.17) is 10.5 Å². The number of carbonyl (C=O) groups is 1. The van der Waals surface area contributed by atoms with Crippen molar-refractivity contribution in [1.82, 2.24) is 4.90 Å². The van der Waals surface area contributed by atoms with Crippen molar-refractivity contribution in [2.75, 3.05) is 19.7 Å². The van der Waals surface area contributed by atoms with Gasteiger partial charge < -0.3 is 15.4 Å². The molecule has 15 heavy (non-hydrogen) atoms. The Hall–Kier alpha value is -0.610. The number of amides is 1. The smallest absolute Gasteiger partial charge is 0.251 e. The summed E-state index contributed by atoms with van der Waals surface area (Å²) in [7, 11) is 0. The molecule has 2 aliphatic rings. The molecule has 1 amide bonds. The molecular weight excluding hydrogens is 192 g/mol. The maximum Gasteiger partial charge on any atom is 0.251 e. The van der Waals surface area contributed by atoms with Crippen LogP contribution in [0.1, 0.15) is 26.2 Å². The first-order valence-corrected chi connectivity index (χ1v) is 5.84. The summed E-state index contributed by atoms with van der Waals surface area (Å²) in [6.07, 6.45) is 2.76. The van der Waals surface area contributed by atoms with Crippen molar-refractivity contribution in [3.63, 3.8) is 0 Å². The van der Waals surface area contributed by atoms with Crippen LogP contribution in [-0.4, -0.2) is 42.6 Å². The minimum atomic E-state index is -0.177. The standard InChI is InChI=1S/C11H20N2O2/c1-8-5-9(6-12)7-13(8)11(14)10-3-2-4-15-10/h8-10H,2-7,12H2,1H3/t8?,9?,10-/m0/s1. The SMILES string of the molecule is CC1CC(CN)CN1C(=O)[C@@H]1CCCO1. The van der Waals surface area contributed by atoms with E-state index in [2.05, 4.69) is 6.92 Å². The van der Waals surface area contributed by atoms with Gasteiger partial charge in [-0.05, 0) is 38.6 Å². The Morgan fingerprint density at radius 1 is 1.60 bits per heavy atom. The van der Waals surface area contributed by atoms with Crippen LogP contribution in [-0.2, 0) is 9.53 Å². The Labute approximate surface area is 90.8 Å². The maximum absolute atomic E-state index is 12.1. The average Bonchev–Trinajstić information content (AvgIpc) is 2.85. The van der Waals surface area contributed by atoms with Gasteiger partial charge in [-0.1, -0.05) is 0 Å². The molecule has 0 aliphatic carbocycles. The zero-order chi connectivity index (χ0) is 10.8. The Kier molecular flexibility index (Phi) is 3.26. The largest absolute Gasteiger partial charge is 0.368 e. The summed E-state index contributed by atoms with van der Waals surface area (Å²) >= 11 is 0. The van der Waals surface area contributed by atoms with Gasteiger partial charge in [0.25, 0.3) is 5.91 Å². The number of hydrogen-bond donors (Lipinski definition) is 1. The van der Waals surface area contributed by atoms with E-state index in [-0.39, 0.29) is 12.0 Å². The summed E-state index contributed by atoms with van der Waals surface area (Å²) in [6.45, 7) is 4.33. The molecule has 4 nitrogen and oxygen atoms in total. The molecule has 4 heteroatoms. The van der Waals surface area contributed by atoms with Gasteiger partial charge in [-0.25, -0.2) is 0 Å². The quantitative estimate of drug-likeness (QED) is 0.719. The average molecular weight is 212 g/mol. The van der Waals surface area contributed by atoms with E-state index in [0.717, 1.165) is 32.4 Å². The molecule has 0 radical (unpaired) electrons. The summed E-state index contributed by atoms with van der Waals surface area (Å²) in [5, 5.41) is 0. The van der Waals surface area contributed by atoms with E-state index in [9.17, 15) is 4.79 Å². The molecule has 0 spiro atoms. The molecule has 0 saturated carbocycles. The summed E-state index contributed by atoms with van der Waals surface area (Å²) < 4.78 is 5.42. The predicted molar refractivity (Wildman–Crippen MR) is 57.3 cm³/mol. The first-order chi connectivity index (χ1) is 7.22. The molecule has 2 saturated heterocycles. The lowest BCUT2D eigenvalue weighted by Gasteiger charge is -2.24. The molecular formula is C11H20N2O2. The van der Waals surface area contributed by atoms with Crippen LogP contribution in [0.4, 0.5) is 0 Å². The molecule has 2 rings (SSSR count). The first-order valence-electron chi connectivity index (χ1n) is 5.84. The minimum absolute atomic E-state index is 0.177. The van der Waals surface area contributed by atoms with Crippen molar-refractivity contribution < 1.29 is 9.53 Å². The summed E-state index contributed by atoms with van der Waals surface area (Å²) in [5.74, 6) is 0.654. The summed E-state index contributed by atoms with van der Waals surface area (Å²) in [4.78, 5) is 14.0. The van der Waals surface area contributed by atoms with Crippen molar-refractivity contribution in [1.29, 1.82) is 0 Å². The van der Waals surface area contributed by atoms with E-state index in [1.54, 1.807) is 0 Å². The van der Waals surface area contributed by atoms with Gasteiger partial charge in [-0.3, -0.25) is 4.79 Å². The number of ether oxygens (including phenoxy) is 1. The van der Waals surface area contributed by atoms with Crippen molar-refractivity contribution in [3.8, 4) is 0 Å². The van der Waals surface area contributed by atoms with Crippen LogP contribution in [0.25, 0.3) is 0 Å². The highest BCUT2D eigenvalue weighted by Crippen LogP contribution is 2.25. The van der Waals surface area contributed by atoms with Crippen LogP contribution in [0.15, 0.2) is 0 Å². The number of nitrogens with zero attached hydrogens (tertiary/aromatic N) is 1. The molecule has 0 aromatic rings. The van der Waals surface area contributed by atoms with Crippen LogP contribution in [0.5, 0.6) is 0 Å². The Bertz CT molecular complexity index is 239. The van der Waals surface area contributed by atoms with Crippen molar-refractivity contribution in [3.05, 3.63) is 0 Å². The van der Waals surface area contributed by atoms with Crippen molar-refractivity contribution in [2.45, 2.75) is 38.3 Å². The highest BCUT2D eigenvalue weighted by molar-refractivity contribution is 5.81. The lowest BCUT2D eigenvalue weighted by molar-refractivity contribution is -0.141. The van der Waals surface area contributed by atoms with Gasteiger partial charge in [0.15, 0.2) is 0 Å². The molecule has 0 aromatic heterocycles. The Balaban J connectivity index is 1.95. The lowest BCUT2D eigenvalue weighted by Crippen LogP contribution is -2.41. The van der Waals surface area contributed by atoms with Gasteiger partial charge >= 0.3 is 0 Å². The second-order valence-corrected chi connectivity index (χ2v) is 4.68. The third-order valence-electron chi connectivity index (χ3n) is 3.48. The maximum atomic E-state index is 12.1. The number of rotatable bonds is 2. The van der Waals surface area contributed by atoms with E-state index in [1.165, 1.54) is 0 Å². The van der Waals surface area contributed by atoms with Gasteiger partial charge in [0.1, 0.15) is 6.10 Å². The molecule has 2 fully saturated rings. The van der Waals surface area contributed by atoms with E-state index in [1.807, 2.05) is 4.90 Å². The fraction of sp³-hybridized carbons (Fsp3) is 0.909. The molecule has 2 heterocycles. The number of carbonyl (C=O) groups excluding carboxylic acids is 1. The zero-order valence-corrected chi connectivity index (χ0v) is 9.32. The Morgan fingerprint density at radius 3 is 2.93 bits per heavy atom. The molecule has 2 aliphatic heterocycles. The van der Waals surface area contributed by atoms with Crippen LogP contribution >= 0.6 is 0 Å². The molecule has 3 atom stereocenters. The van der Waals surface area contributed by atoms with Gasteiger partial charge in [0.2, 0.25) is 0 Å². The normalized spacial score (nSPS) is 36.1. The van der Waals surface area contributed by atoms with Crippen molar-refractivity contribution >= 4 is 5.91 Å². The first kappa shape index (κ1) is 10.9. The van der Waals surface area contributed by atoms with Crippen LogP contribution in [0.2, 0.25) is 0 Å². The third kappa shape index (κ3) is 2.16. The lowest BCUT2D eigenvalue weighted by atomic mass is 10.1. The topological polar surface area (TPSA) is 55.6 Å². The van der Waals surface area contributed by atoms with Crippen LogP contribution < -0.4 is 5.73 Å². The van der Waals surface area contributed by atoms with E-state index >= 15 is 0 Å². The fourth-order valence-electron chi connectivity index (χ4n) is 2.58. The number of likely N-dealkylation sites (tertiary alicyclic amines) is 1. The van der Waals surface area contributed by atoms with Gasteiger partial charge in [0.05, 0.1) is 0 Å². The highest BCUT2D eigenvalue weighted by atomic mass is 16.5. The van der Waals surface area contributed by atoms with E-state index < -0.39 is 0 Å². The predicted octanol–water partition coefficient (Wildman–Crippen LogP) is 0.361. The Morgan fingerprint density at radius 2 is 2.40 bits per heavy atom. The second-order valence-electron chi connectivity index (χ2n) is 4.68. The summed E-state index contributed by atoms with van der Waals surface area (Å²) in [6, 6.07) is 0.329.